The van der Waals surface area contributed by atoms with Gasteiger partial charge >= 0.3 is 0 Å². The zero-order valence-electron chi connectivity index (χ0n) is 9.41. The van der Waals surface area contributed by atoms with Crippen molar-refractivity contribution in [1.82, 2.24) is 4.98 Å². The van der Waals surface area contributed by atoms with E-state index in [1.165, 1.54) is 0 Å². The van der Waals surface area contributed by atoms with Gasteiger partial charge in [0.2, 0.25) is 0 Å². The third-order valence-electron chi connectivity index (χ3n) is 2.66. The van der Waals surface area contributed by atoms with Gasteiger partial charge in [0, 0.05) is 28.5 Å². The monoisotopic (exact) mass is 300 g/mol. The van der Waals surface area contributed by atoms with Gasteiger partial charge in [-0.2, -0.15) is 0 Å². The van der Waals surface area contributed by atoms with E-state index in [9.17, 15) is 0 Å². The number of hydrogen-bond donors (Lipinski definition) is 1. The van der Waals surface area contributed by atoms with Crippen LogP contribution in [-0.4, -0.2) is 4.98 Å². The number of hydrogen-bond acceptors (Lipinski definition) is 2. The van der Waals surface area contributed by atoms with Crippen LogP contribution in [0.1, 0.15) is 17.2 Å². The Balaban J connectivity index is 2.22. The molecule has 0 radical (unpaired) electrons. The molecule has 0 fully saturated rings. The van der Waals surface area contributed by atoms with E-state index in [0.29, 0.717) is 21.5 Å². The summed E-state index contributed by atoms with van der Waals surface area (Å²) in [7, 11) is 0. The lowest BCUT2D eigenvalue weighted by Gasteiger charge is -2.14. The molecule has 2 nitrogen and oxygen atoms in total. The molecule has 2 N–H and O–H groups in total. The van der Waals surface area contributed by atoms with E-state index in [0.717, 1.165) is 11.1 Å². The van der Waals surface area contributed by atoms with E-state index < -0.39 is 0 Å². The Morgan fingerprint density at radius 1 is 1.11 bits per heavy atom. The van der Waals surface area contributed by atoms with Crippen molar-refractivity contribution in [2.45, 2.75) is 12.5 Å². The highest BCUT2D eigenvalue weighted by atomic mass is 35.5. The molecule has 0 bridgehead atoms. The summed E-state index contributed by atoms with van der Waals surface area (Å²) in [4.78, 5) is 3.94. The Morgan fingerprint density at radius 3 is 2.56 bits per heavy atom. The highest BCUT2D eigenvalue weighted by Crippen LogP contribution is 2.28. The molecule has 0 amide bonds. The average molecular weight is 302 g/mol. The highest BCUT2D eigenvalue weighted by Gasteiger charge is 2.13. The molecule has 0 aliphatic rings. The summed E-state index contributed by atoms with van der Waals surface area (Å²) in [5, 5.41) is 1.77. The van der Waals surface area contributed by atoms with Gasteiger partial charge in [0.15, 0.2) is 0 Å². The number of nitrogens with zero attached hydrogens (tertiary/aromatic N) is 1. The average Bonchev–Trinajstić information content (AvgIpc) is 2.32. The van der Waals surface area contributed by atoms with Crippen molar-refractivity contribution in [2.75, 3.05) is 0 Å². The van der Waals surface area contributed by atoms with Crippen LogP contribution in [0.15, 0.2) is 36.7 Å². The van der Waals surface area contributed by atoms with E-state index in [2.05, 4.69) is 4.98 Å². The molecule has 94 valence electrons. The standard InChI is InChI=1S/C13H11Cl3N2/c14-9-1-2-10(11(15)6-9)13(17)5-8-3-4-18-7-12(8)16/h1-4,6-7,13H,5,17H2. The van der Waals surface area contributed by atoms with Crippen molar-refractivity contribution in [3.63, 3.8) is 0 Å². The summed E-state index contributed by atoms with van der Waals surface area (Å²) in [5.74, 6) is 0. The Bertz CT molecular complexity index is 558. The van der Waals surface area contributed by atoms with Gasteiger partial charge in [0.05, 0.1) is 5.02 Å². The van der Waals surface area contributed by atoms with Gasteiger partial charge in [0.1, 0.15) is 0 Å². The Kier molecular flexibility index (Phi) is 4.46. The summed E-state index contributed by atoms with van der Waals surface area (Å²) in [6, 6.07) is 6.93. The van der Waals surface area contributed by atoms with Crippen molar-refractivity contribution in [3.05, 3.63) is 62.9 Å². The van der Waals surface area contributed by atoms with E-state index in [-0.39, 0.29) is 6.04 Å². The first kappa shape index (κ1) is 13.6. The van der Waals surface area contributed by atoms with Gasteiger partial charge in [-0.1, -0.05) is 40.9 Å². The summed E-state index contributed by atoms with van der Waals surface area (Å²) < 4.78 is 0. The first-order chi connectivity index (χ1) is 8.58. The fraction of sp³-hybridized carbons (Fsp3) is 0.154. The fourth-order valence-electron chi connectivity index (χ4n) is 1.72. The van der Waals surface area contributed by atoms with Crippen LogP contribution in [0.4, 0.5) is 0 Å². The number of nitrogens with two attached hydrogens (primary N) is 1. The predicted octanol–water partition coefficient (Wildman–Crippen LogP) is 4.28. The van der Waals surface area contributed by atoms with E-state index in [1.54, 1.807) is 24.5 Å². The maximum absolute atomic E-state index is 6.14. The third-order valence-corrected chi connectivity index (χ3v) is 3.56. The van der Waals surface area contributed by atoms with Gasteiger partial charge in [-0.05, 0) is 35.7 Å². The molecule has 5 heteroatoms. The second kappa shape index (κ2) is 5.89. The normalized spacial score (nSPS) is 12.4. The minimum atomic E-state index is -0.227. The molecule has 1 aromatic carbocycles. The number of pyridine rings is 1. The summed E-state index contributed by atoms with van der Waals surface area (Å²) in [6.45, 7) is 0. The minimum absolute atomic E-state index is 0.227. The van der Waals surface area contributed by atoms with Gasteiger partial charge in [-0.3, -0.25) is 4.98 Å². The summed E-state index contributed by atoms with van der Waals surface area (Å²) in [6.07, 6.45) is 3.90. The Labute approximate surface area is 121 Å². The van der Waals surface area contributed by atoms with Crippen molar-refractivity contribution >= 4 is 34.8 Å². The smallest absolute Gasteiger partial charge is 0.0622 e. The minimum Gasteiger partial charge on any atom is -0.324 e. The molecule has 2 aromatic rings. The SMILES string of the molecule is NC(Cc1ccncc1Cl)c1ccc(Cl)cc1Cl. The van der Waals surface area contributed by atoms with Crippen LogP contribution in [0.25, 0.3) is 0 Å². The van der Waals surface area contributed by atoms with Gasteiger partial charge in [-0.25, -0.2) is 0 Å². The number of halogens is 3. The zero-order chi connectivity index (χ0) is 13.1. The highest BCUT2D eigenvalue weighted by molar-refractivity contribution is 6.35. The largest absolute Gasteiger partial charge is 0.324 e. The maximum Gasteiger partial charge on any atom is 0.0622 e. The molecule has 18 heavy (non-hydrogen) atoms. The molecule has 2 rings (SSSR count). The molecule has 1 unspecified atom stereocenters. The lowest BCUT2D eigenvalue weighted by molar-refractivity contribution is 0.721. The number of aromatic nitrogens is 1. The van der Waals surface area contributed by atoms with Crippen LogP contribution >= 0.6 is 34.8 Å². The van der Waals surface area contributed by atoms with Crippen LogP contribution in [0.2, 0.25) is 15.1 Å². The molecule has 1 aromatic heterocycles. The first-order valence-corrected chi connectivity index (χ1v) is 6.50. The number of benzene rings is 1. The molecule has 0 spiro atoms. The summed E-state index contributed by atoms with van der Waals surface area (Å²) in [5.41, 5.74) is 7.94. The van der Waals surface area contributed by atoms with Gasteiger partial charge < -0.3 is 5.73 Å². The zero-order valence-corrected chi connectivity index (χ0v) is 11.7. The van der Waals surface area contributed by atoms with Crippen LogP contribution < -0.4 is 5.73 Å². The lowest BCUT2D eigenvalue weighted by Crippen LogP contribution is -2.14. The molecule has 0 saturated carbocycles. The summed E-state index contributed by atoms with van der Waals surface area (Å²) >= 11 is 18.0. The topological polar surface area (TPSA) is 38.9 Å². The molecule has 1 heterocycles. The second-order valence-electron chi connectivity index (χ2n) is 3.94. The molecule has 0 saturated heterocycles. The van der Waals surface area contributed by atoms with Gasteiger partial charge in [0.25, 0.3) is 0 Å². The Morgan fingerprint density at radius 2 is 1.89 bits per heavy atom. The van der Waals surface area contributed by atoms with Gasteiger partial charge in [-0.15, -0.1) is 0 Å². The fourth-order valence-corrected chi connectivity index (χ4v) is 2.46. The molecule has 1 atom stereocenters. The molecule has 0 aliphatic carbocycles. The van der Waals surface area contributed by atoms with Crippen molar-refractivity contribution in [2.24, 2.45) is 5.73 Å². The van der Waals surface area contributed by atoms with E-state index in [1.807, 2.05) is 12.1 Å². The lowest BCUT2D eigenvalue weighted by atomic mass is 10.0. The maximum atomic E-state index is 6.14. The van der Waals surface area contributed by atoms with Crippen LogP contribution in [0.5, 0.6) is 0 Å². The van der Waals surface area contributed by atoms with E-state index >= 15 is 0 Å². The Hall–Kier alpha value is -0.800. The molecular weight excluding hydrogens is 291 g/mol. The number of rotatable bonds is 3. The predicted molar refractivity (Wildman–Crippen MR) is 76.3 cm³/mol. The van der Waals surface area contributed by atoms with Crippen LogP contribution in [0, 0.1) is 0 Å². The van der Waals surface area contributed by atoms with Crippen molar-refractivity contribution < 1.29 is 0 Å². The molecular formula is C13H11Cl3N2. The second-order valence-corrected chi connectivity index (χ2v) is 5.19. The first-order valence-electron chi connectivity index (χ1n) is 5.37. The van der Waals surface area contributed by atoms with Crippen LogP contribution in [-0.2, 0) is 6.42 Å². The third kappa shape index (κ3) is 3.15. The van der Waals surface area contributed by atoms with E-state index in [4.69, 9.17) is 40.5 Å². The quantitative estimate of drug-likeness (QED) is 0.918. The molecule has 0 aliphatic heterocycles. The van der Waals surface area contributed by atoms with Crippen molar-refractivity contribution in [1.29, 1.82) is 0 Å². The van der Waals surface area contributed by atoms with Crippen molar-refractivity contribution in [3.8, 4) is 0 Å². The van der Waals surface area contributed by atoms with Crippen LogP contribution in [0.3, 0.4) is 0 Å².